The molecular weight excluding hydrogens is 952 g/mol. The van der Waals surface area contributed by atoms with Crippen LogP contribution in [0.2, 0.25) is 0 Å². The molecule has 0 bridgehead atoms. The highest BCUT2D eigenvalue weighted by molar-refractivity contribution is 7.47. The van der Waals surface area contributed by atoms with E-state index in [-0.39, 0.29) is 19.3 Å². The zero-order valence-electron chi connectivity index (χ0n) is 46.0. The summed E-state index contributed by atoms with van der Waals surface area (Å²) >= 11 is 0. The molecule has 0 aliphatic carbocycles. The van der Waals surface area contributed by atoms with Gasteiger partial charge in [0.2, 0.25) is 0 Å². The van der Waals surface area contributed by atoms with Gasteiger partial charge in [-0.25, -0.2) is 4.57 Å². The predicted octanol–water partition coefficient (Wildman–Crippen LogP) is 16.6. The first kappa shape index (κ1) is 69.6. The molecule has 0 fully saturated rings. The molecule has 0 amide bonds. The molecule has 0 aromatic carbocycles. The van der Waals surface area contributed by atoms with Gasteiger partial charge in [0, 0.05) is 12.8 Å². The lowest BCUT2D eigenvalue weighted by Gasteiger charge is -2.21. The molecule has 0 heterocycles. The van der Waals surface area contributed by atoms with Crippen LogP contribution in [0, 0.1) is 0 Å². The molecule has 0 rings (SSSR count). The molecule has 11 nitrogen and oxygen atoms in total. The molecule has 418 valence electrons. The van der Waals surface area contributed by atoms with Gasteiger partial charge in [-0.05, 0) is 109 Å². The van der Waals surface area contributed by atoms with E-state index in [0.29, 0.717) is 19.3 Å². The van der Waals surface area contributed by atoms with E-state index in [1.54, 1.807) is 6.08 Å². The largest absolute Gasteiger partial charge is 0.472 e. The Morgan fingerprint density at radius 2 is 0.743 bits per heavy atom. The fraction of sp³-hybridized carbons (Fsp3) is 0.597. The average Bonchev–Trinajstić information content (AvgIpc) is 3.39. The molecule has 3 atom stereocenters. The summed E-state index contributed by atoms with van der Waals surface area (Å²) in [5.74, 6) is -1.66. The fourth-order valence-corrected chi connectivity index (χ4v) is 7.65. The molecular formula is C62H99O11P. The van der Waals surface area contributed by atoms with E-state index >= 15 is 0 Å². The van der Waals surface area contributed by atoms with Crippen LogP contribution in [-0.4, -0.2) is 66.5 Å². The predicted molar refractivity (Wildman–Crippen MR) is 306 cm³/mol. The number of ether oxygens (including phenoxy) is 3. The quantitative estimate of drug-likeness (QED) is 0.0197. The van der Waals surface area contributed by atoms with Gasteiger partial charge < -0.3 is 24.2 Å². The third-order valence-electron chi connectivity index (χ3n) is 11.1. The number of allylic oxidation sites excluding steroid dienone is 21. The Labute approximate surface area is 449 Å². The number of phosphoric ester groups is 1. The first-order valence-electron chi connectivity index (χ1n) is 28.1. The second kappa shape index (κ2) is 54.9. The van der Waals surface area contributed by atoms with E-state index in [1.807, 2.05) is 12.2 Å². The van der Waals surface area contributed by atoms with Crippen molar-refractivity contribution in [2.75, 3.05) is 26.4 Å². The summed E-state index contributed by atoms with van der Waals surface area (Å²) in [5.41, 5.74) is 0. The van der Waals surface area contributed by atoms with Crippen LogP contribution >= 0.6 is 7.82 Å². The molecule has 3 unspecified atom stereocenters. The summed E-state index contributed by atoms with van der Waals surface area (Å²) in [6.07, 6.45) is 68.7. The molecule has 74 heavy (non-hydrogen) atoms. The summed E-state index contributed by atoms with van der Waals surface area (Å²) in [5, 5.41) is 9.80. The van der Waals surface area contributed by atoms with Crippen LogP contribution in [0.5, 0.6) is 0 Å². The Kier molecular flexibility index (Phi) is 51.6. The second-order valence-electron chi connectivity index (χ2n) is 18.0. The minimum atomic E-state index is -4.78. The van der Waals surface area contributed by atoms with E-state index in [1.165, 1.54) is 0 Å². The molecule has 0 aromatic rings. The summed E-state index contributed by atoms with van der Waals surface area (Å²) in [6.45, 7) is 4.18. The number of rotatable bonds is 50. The monoisotopic (exact) mass is 1050 g/mol. The van der Waals surface area contributed by atoms with Crippen LogP contribution in [0.15, 0.2) is 134 Å². The highest BCUT2D eigenvalue weighted by Gasteiger charge is 2.28. The molecule has 0 saturated carbocycles. The van der Waals surface area contributed by atoms with E-state index in [9.17, 15) is 28.9 Å². The fourth-order valence-electron chi connectivity index (χ4n) is 6.87. The molecule has 2 N–H and O–H groups in total. The van der Waals surface area contributed by atoms with Gasteiger partial charge in [-0.2, -0.15) is 0 Å². The molecule has 0 spiro atoms. The van der Waals surface area contributed by atoms with E-state index in [2.05, 4.69) is 136 Å². The Hall–Kier alpha value is -4.38. The molecule has 0 aliphatic heterocycles. The standard InChI is InChI=1S/C62H99O11P/c1-4-7-10-13-16-19-22-25-27-28-29-30-32-35-38-41-44-47-50-53-62(66)73-59(55-69-60(64)51-48-45-42-39-36-34-31-26-23-20-17-14-11-8-5-2)57-71-74(67,68)70-56-58(54-63)72-61(65)52-49-46-43-40-37-33-24-21-18-15-12-9-6-3/h7-8,10-12,15-17,19-21,24-27,29-31,36,39,45,48,58-59,63H,4-6,9,13-14,18,22-23,28,32-35,37-38,40-44,46-47,49-57H2,1-3H3,(H,67,68)/b10-7-,11-8-,15-12-,19-16-,20-17-,24-21-,27-25-,30-29-,31-26-,39-36-,48-45-. The van der Waals surface area contributed by atoms with Crippen molar-refractivity contribution in [2.45, 2.75) is 213 Å². The van der Waals surface area contributed by atoms with Crippen molar-refractivity contribution < 1.29 is 52.2 Å². The number of hydrogen-bond donors (Lipinski definition) is 2. The lowest BCUT2D eigenvalue weighted by Crippen LogP contribution is -2.30. The van der Waals surface area contributed by atoms with Crippen molar-refractivity contribution in [2.24, 2.45) is 0 Å². The van der Waals surface area contributed by atoms with Crippen molar-refractivity contribution in [3.8, 4) is 0 Å². The maximum atomic E-state index is 12.9. The summed E-state index contributed by atoms with van der Waals surface area (Å²) in [4.78, 5) is 48.4. The second-order valence-corrected chi connectivity index (χ2v) is 19.4. The topological polar surface area (TPSA) is 155 Å². The number of unbranched alkanes of at least 4 members (excludes halogenated alkanes) is 12. The molecule has 0 aromatic heterocycles. The Bertz CT molecular complexity index is 1750. The Morgan fingerprint density at radius 1 is 0.405 bits per heavy atom. The van der Waals surface area contributed by atoms with Crippen molar-refractivity contribution >= 4 is 25.7 Å². The number of hydrogen-bond acceptors (Lipinski definition) is 10. The van der Waals surface area contributed by atoms with Crippen molar-refractivity contribution in [1.29, 1.82) is 0 Å². The van der Waals surface area contributed by atoms with E-state index in [0.717, 1.165) is 141 Å². The van der Waals surface area contributed by atoms with Crippen LogP contribution in [0.3, 0.4) is 0 Å². The molecule has 0 radical (unpaired) electrons. The van der Waals surface area contributed by atoms with Crippen LogP contribution in [-0.2, 0) is 42.2 Å². The maximum Gasteiger partial charge on any atom is 0.472 e. The van der Waals surface area contributed by atoms with Gasteiger partial charge in [0.15, 0.2) is 6.10 Å². The number of esters is 3. The summed E-state index contributed by atoms with van der Waals surface area (Å²) in [6, 6.07) is 0. The first-order chi connectivity index (χ1) is 36.2. The van der Waals surface area contributed by atoms with Gasteiger partial charge in [0.1, 0.15) is 12.7 Å². The Morgan fingerprint density at radius 3 is 1.15 bits per heavy atom. The summed E-state index contributed by atoms with van der Waals surface area (Å²) in [7, 11) is -4.78. The van der Waals surface area contributed by atoms with Crippen molar-refractivity contribution in [3.63, 3.8) is 0 Å². The van der Waals surface area contributed by atoms with Gasteiger partial charge in [-0.1, -0.05) is 206 Å². The molecule has 12 heteroatoms. The van der Waals surface area contributed by atoms with E-state index < -0.39 is 64.4 Å². The third kappa shape index (κ3) is 52.5. The van der Waals surface area contributed by atoms with Gasteiger partial charge in [-0.3, -0.25) is 23.4 Å². The number of carbonyl (C=O) groups is 3. The van der Waals surface area contributed by atoms with E-state index in [4.69, 9.17) is 23.3 Å². The average molecular weight is 1050 g/mol. The summed E-state index contributed by atoms with van der Waals surface area (Å²) < 4.78 is 39.3. The van der Waals surface area contributed by atoms with Crippen LogP contribution in [0.1, 0.15) is 201 Å². The van der Waals surface area contributed by atoms with Crippen molar-refractivity contribution in [1.82, 2.24) is 0 Å². The number of carbonyl (C=O) groups excluding carboxylic acids is 3. The minimum absolute atomic E-state index is 0.0170. The van der Waals surface area contributed by atoms with Crippen LogP contribution < -0.4 is 0 Å². The van der Waals surface area contributed by atoms with Crippen molar-refractivity contribution in [3.05, 3.63) is 134 Å². The lowest BCUT2D eigenvalue weighted by atomic mass is 10.1. The molecule has 0 saturated heterocycles. The van der Waals surface area contributed by atoms with Crippen LogP contribution in [0.4, 0.5) is 0 Å². The number of aliphatic hydroxyl groups is 1. The smallest absolute Gasteiger partial charge is 0.461 e. The number of aliphatic hydroxyl groups excluding tert-OH is 1. The lowest BCUT2D eigenvalue weighted by molar-refractivity contribution is -0.161. The van der Waals surface area contributed by atoms with Crippen LogP contribution in [0.25, 0.3) is 0 Å². The highest BCUT2D eigenvalue weighted by Crippen LogP contribution is 2.43. The highest BCUT2D eigenvalue weighted by atomic mass is 31.2. The van der Waals surface area contributed by atoms with Gasteiger partial charge in [-0.15, -0.1) is 0 Å². The maximum absolute atomic E-state index is 12.9. The zero-order chi connectivity index (χ0) is 54.1. The van der Waals surface area contributed by atoms with Gasteiger partial charge in [0.05, 0.1) is 26.2 Å². The van der Waals surface area contributed by atoms with Gasteiger partial charge >= 0.3 is 25.7 Å². The third-order valence-corrected chi connectivity index (χ3v) is 12.0. The zero-order valence-corrected chi connectivity index (χ0v) is 46.9. The SMILES string of the molecule is CC/C=C\C/C=C\C/C=C\C/C=C\C/C=C\CC(=O)OCC(COP(=O)(O)OCC(CO)OC(=O)CCCCCCC/C=C\C/C=C\CCC)OC(=O)CCCCCCCC/C=C\C/C=C\C/C=C\C/C=C\CC. The normalized spacial score (nSPS) is 14.4. The Balaban J connectivity index is 4.89. The first-order valence-corrected chi connectivity index (χ1v) is 29.6. The number of phosphoric acid groups is 1. The van der Waals surface area contributed by atoms with Gasteiger partial charge in [0.25, 0.3) is 0 Å². The minimum Gasteiger partial charge on any atom is -0.461 e. The molecule has 0 aliphatic rings.